The van der Waals surface area contributed by atoms with E-state index in [0.29, 0.717) is 5.92 Å². The molecule has 98 valence electrons. The highest BCUT2D eigenvalue weighted by Crippen LogP contribution is 2.35. The average Bonchev–Trinajstić information content (AvgIpc) is 3.12. The highest BCUT2D eigenvalue weighted by molar-refractivity contribution is 5.74. The van der Waals surface area contributed by atoms with Crippen LogP contribution in [0.15, 0.2) is 0 Å². The summed E-state index contributed by atoms with van der Waals surface area (Å²) in [6.07, 6.45) is 2.14. The summed E-state index contributed by atoms with van der Waals surface area (Å²) in [5, 5.41) is 9.22. The predicted octanol–water partition coefficient (Wildman–Crippen LogP) is 0.114. The van der Waals surface area contributed by atoms with Crippen LogP contribution >= 0.6 is 0 Å². The molecule has 1 unspecified atom stereocenters. The first-order chi connectivity index (χ1) is 8.18. The SMILES string of the molecule is CN(CCN1CCOCC1)C(C(=O)O)C1CC1. The van der Waals surface area contributed by atoms with Crippen LogP contribution in [0.25, 0.3) is 0 Å². The smallest absolute Gasteiger partial charge is 0.321 e. The zero-order valence-corrected chi connectivity index (χ0v) is 10.5. The van der Waals surface area contributed by atoms with Crippen molar-refractivity contribution in [2.24, 2.45) is 5.92 Å². The Hall–Kier alpha value is -0.650. The van der Waals surface area contributed by atoms with Gasteiger partial charge < -0.3 is 9.84 Å². The molecule has 0 aromatic carbocycles. The number of likely N-dealkylation sites (N-methyl/N-ethyl adjacent to an activating group) is 1. The van der Waals surface area contributed by atoms with E-state index in [-0.39, 0.29) is 6.04 Å². The lowest BCUT2D eigenvalue weighted by atomic mass is 10.1. The molecule has 0 aromatic rings. The molecule has 0 radical (unpaired) electrons. The van der Waals surface area contributed by atoms with Crippen LogP contribution in [0.5, 0.6) is 0 Å². The standard InChI is InChI=1S/C12H22N2O3/c1-13(11(12(15)16)10-2-3-10)4-5-14-6-8-17-9-7-14/h10-11H,2-9H2,1H3,(H,15,16). The molecule has 5 heteroatoms. The lowest BCUT2D eigenvalue weighted by Crippen LogP contribution is -2.46. The summed E-state index contributed by atoms with van der Waals surface area (Å²) in [5.41, 5.74) is 0. The summed E-state index contributed by atoms with van der Waals surface area (Å²) in [7, 11) is 1.93. The van der Waals surface area contributed by atoms with Gasteiger partial charge in [-0.05, 0) is 25.8 Å². The third-order valence-corrected chi connectivity index (χ3v) is 3.67. The predicted molar refractivity (Wildman–Crippen MR) is 64.0 cm³/mol. The fourth-order valence-corrected chi connectivity index (χ4v) is 2.43. The number of ether oxygens (including phenoxy) is 1. The van der Waals surface area contributed by atoms with Crippen molar-refractivity contribution in [3.05, 3.63) is 0 Å². The fourth-order valence-electron chi connectivity index (χ4n) is 2.43. The van der Waals surface area contributed by atoms with E-state index in [9.17, 15) is 9.90 Å². The zero-order valence-electron chi connectivity index (χ0n) is 10.5. The van der Waals surface area contributed by atoms with Crippen LogP contribution in [0.4, 0.5) is 0 Å². The van der Waals surface area contributed by atoms with Crippen LogP contribution in [-0.2, 0) is 9.53 Å². The van der Waals surface area contributed by atoms with Gasteiger partial charge in [-0.2, -0.15) is 0 Å². The molecule has 0 bridgehead atoms. The number of carboxylic acids is 1. The van der Waals surface area contributed by atoms with E-state index in [1.165, 1.54) is 0 Å². The Morgan fingerprint density at radius 2 is 2.12 bits per heavy atom. The Labute approximate surface area is 102 Å². The van der Waals surface area contributed by atoms with E-state index in [2.05, 4.69) is 4.90 Å². The number of aliphatic carboxylic acids is 1. The van der Waals surface area contributed by atoms with Gasteiger partial charge in [0, 0.05) is 26.2 Å². The van der Waals surface area contributed by atoms with Crippen molar-refractivity contribution < 1.29 is 14.6 Å². The number of morpholine rings is 1. The molecule has 2 fully saturated rings. The second kappa shape index (κ2) is 5.80. The van der Waals surface area contributed by atoms with Crippen molar-refractivity contribution in [1.82, 2.24) is 9.80 Å². The molecule has 1 heterocycles. The third kappa shape index (κ3) is 3.66. The lowest BCUT2D eigenvalue weighted by molar-refractivity contribution is -0.143. The van der Waals surface area contributed by atoms with Crippen molar-refractivity contribution in [1.29, 1.82) is 0 Å². The Kier molecular flexibility index (Phi) is 4.36. The van der Waals surface area contributed by atoms with Crippen molar-refractivity contribution in [2.75, 3.05) is 46.4 Å². The van der Waals surface area contributed by atoms with Gasteiger partial charge in [0.1, 0.15) is 6.04 Å². The highest BCUT2D eigenvalue weighted by Gasteiger charge is 2.38. The molecule has 2 aliphatic rings. The van der Waals surface area contributed by atoms with Crippen LogP contribution in [0.1, 0.15) is 12.8 Å². The fraction of sp³-hybridized carbons (Fsp3) is 0.917. The maximum absolute atomic E-state index is 11.2. The van der Waals surface area contributed by atoms with Crippen LogP contribution in [0.3, 0.4) is 0 Å². The van der Waals surface area contributed by atoms with Crippen LogP contribution in [0.2, 0.25) is 0 Å². The minimum atomic E-state index is -0.669. The van der Waals surface area contributed by atoms with Crippen molar-refractivity contribution in [2.45, 2.75) is 18.9 Å². The summed E-state index contributed by atoms with van der Waals surface area (Å²) >= 11 is 0. The molecule has 0 aromatic heterocycles. The maximum Gasteiger partial charge on any atom is 0.321 e. The van der Waals surface area contributed by atoms with E-state index < -0.39 is 5.97 Å². The first-order valence-corrected chi connectivity index (χ1v) is 6.41. The normalized spacial score (nSPS) is 23.9. The summed E-state index contributed by atoms with van der Waals surface area (Å²) < 4.78 is 5.29. The van der Waals surface area contributed by atoms with E-state index in [0.717, 1.165) is 52.2 Å². The second-order valence-electron chi connectivity index (χ2n) is 5.06. The summed E-state index contributed by atoms with van der Waals surface area (Å²) in [4.78, 5) is 15.5. The van der Waals surface area contributed by atoms with E-state index in [4.69, 9.17) is 4.74 Å². The van der Waals surface area contributed by atoms with Crippen molar-refractivity contribution in [3.63, 3.8) is 0 Å². The van der Waals surface area contributed by atoms with Gasteiger partial charge in [0.2, 0.25) is 0 Å². The maximum atomic E-state index is 11.2. The Morgan fingerprint density at radius 1 is 1.47 bits per heavy atom. The summed E-state index contributed by atoms with van der Waals surface area (Å²) in [6.45, 7) is 5.30. The van der Waals surface area contributed by atoms with Gasteiger partial charge in [0.15, 0.2) is 0 Å². The van der Waals surface area contributed by atoms with Gasteiger partial charge in [0.25, 0.3) is 0 Å². The van der Waals surface area contributed by atoms with Crippen molar-refractivity contribution in [3.8, 4) is 0 Å². The van der Waals surface area contributed by atoms with E-state index in [1.807, 2.05) is 11.9 Å². The minimum Gasteiger partial charge on any atom is -0.480 e. The molecule has 1 aliphatic heterocycles. The van der Waals surface area contributed by atoms with Gasteiger partial charge in [-0.3, -0.25) is 14.6 Å². The van der Waals surface area contributed by atoms with Crippen LogP contribution < -0.4 is 0 Å². The molecule has 1 saturated carbocycles. The summed E-state index contributed by atoms with van der Waals surface area (Å²) in [5.74, 6) is -0.292. The van der Waals surface area contributed by atoms with Gasteiger partial charge in [-0.1, -0.05) is 0 Å². The number of carboxylic acid groups (broad SMARTS) is 1. The molecule has 1 aliphatic carbocycles. The van der Waals surface area contributed by atoms with Gasteiger partial charge in [-0.15, -0.1) is 0 Å². The largest absolute Gasteiger partial charge is 0.480 e. The number of hydrogen-bond donors (Lipinski definition) is 1. The van der Waals surface area contributed by atoms with Gasteiger partial charge in [0.05, 0.1) is 13.2 Å². The Balaban J connectivity index is 1.74. The zero-order chi connectivity index (χ0) is 12.3. The second-order valence-corrected chi connectivity index (χ2v) is 5.06. The van der Waals surface area contributed by atoms with Gasteiger partial charge >= 0.3 is 5.97 Å². The highest BCUT2D eigenvalue weighted by atomic mass is 16.5. The molecule has 2 rings (SSSR count). The molecule has 5 nitrogen and oxygen atoms in total. The Bertz CT molecular complexity index is 262. The quantitative estimate of drug-likeness (QED) is 0.716. The van der Waals surface area contributed by atoms with E-state index >= 15 is 0 Å². The molecule has 1 atom stereocenters. The number of rotatable bonds is 6. The average molecular weight is 242 g/mol. The van der Waals surface area contributed by atoms with E-state index in [1.54, 1.807) is 0 Å². The molecule has 0 amide bonds. The molecular formula is C12H22N2O3. The number of carbonyl (C=O) groups is 1. The molecule has 1 saturated heterocycles. The third-order valence-electron chi connectivity index (χ3n) is 3.67. The molecule has 1 N–H and O–H groups in total. The monoisotopic (exact) mass is 242 g/mol. The topological polar surface area (TPSA) is 53.0 Å². The van der Waals surface area contributed by atoms with Crippen LogP contribution in [0, 0.1) is 5.92 Å². The first kappa shape index (κ1) is 12.8. The van der Waals surface area contributed by atoms with Crippen molar-refractivity contribution >= 4 is 5.97 Å². The van der Waals surface area contributed by atoms with Gasteiger partial charge in [-0.25, -0.2) is 0 Å². The molecular weight excluding hydrogens is 220 g/mol. The van der Waals surface area contributed by atoms with Crippen LogP contribution in [-0.4, -0.2) is 73.4 Å². The molecule has 17 heavy (non-hydrogen) atoms. The minimum absolute atomic E-state index is 0.281. The summed E-state index contributed by atoms with van der Waals surface area (Å²) in [6, 6.07) is -0.281. The molecule has 0 spiro atoms. The number of nitrogens with zero attached hydrogens (tertiary/aromatic N) is 2. The lowest BCUT2D eigenvalue weighted by Gasteiger charge is -2.30. The number of hydrogen-bond acceptors (Lipinski definition) is 4. The Morgan fingerprint density at radius 3 is 2.65 bits per heavy atom. The first-order valence-electron chi connectivity index (χ1n) is 6.41.